The molecule has 1 aliphatic rings. The van der Waals surface area contributed by atoms with Crippen LogP contribution < -0.4 is 0 Å². The molecule has 0 bridgehead atoms. The van der Waals surface area contributed by atoms with Crippen LogP contribution in [-0.4, -0.2) is 34.2 Å². The Bertz CT molecular complexity index is 220. The lowest BCUT2D eigenvalue weighted by Gasteiger charge is -2.07. The zero-order chi connectivity index (χ0) is 9.30. The lowest BCUT2D eigenvalue weighted by molar-refractivity contribution is -0.161. The summed E-state index contributed by atoms with van der Waals surface area (Å²) in [5, 5.41) is 16.9. The van der Waals surface area contributed by atoms with Crippen molar-refractivity contribution in [3.8, 4) is 0 Å². The molecule has 0 aromatic rings. The number of ether oxygens (including phenoxy) is 1. The van der Waals surface area contributed by atoms with Crippen molar-refractivity contribution in [3.63, 3.8) is 0 Å². The van der Waals surface area contributed by atoms with Gasteiger partial charge in [0.15, 0.2) is 0 Å². The molecule has 1 fully saturated rings. The van der Waals surface area contributed by atoms with E-state index in [1.54, 1.807) is 0 Å². The average Bonchev–Trinajstić information content (AvgIpc) is 2.31. The lowest BCUT2D eigenvalue weighted by atomic mass is 10.0. The van der Waals surface area contributed by atoms with Gasteiger partial charge in [-0.15, -0.1) is 0 Å². The van der Waals surface area contributed by atoms with Crippen molar-refractivity contribution in [2.24, 2.45) is 5.92 Å². The first-order valence-electron chi connectivity index (χ1n) is 3.17. The number of carboxylic acids is 2. The van der Waals surface area contributed by atoms with Crippen LogP contribution in [0.5, 0.6) is 0 Å². The molecule has 0 aromatic carbocycles. The molecule has 0 saturated carbocycles. The number of hydrogen-bond donors (Lipinski definition) is 2. The number of esters is 1. The van der Waals surface area contributed by atoms with E-state index in [0.717, 1.165) is 0 Å². The van der Waals surface area contributed by atoms with Crippen LogP contribution >= 0.6 is 0 Å². The van der Waals surface area contributed by atoms with Gasteiger partial charge < -0.3 is 14.9 Å². The normalized spacial score (nSPS) is 28.2. The van der Waals surface area contributed by atoms with Crippen LogP contribution in [0.1, 0.15) is 6.42 Å². The largest absolute Gasteiger partial charge is 0.481 e. The van der Waals surface area contributed by atoms with Crippen LogP contribution in [0.25, 0.3) is 0 Å². The first kappa shape index (κ1) is 8.51. The van der Waals surface area contributed by atoms with Gasteiger partial charge in [-0.3, -0.25) is 9.59 Å². The molecule has 1 saturated heterocycles. The summed E-state index contributed by atoms with van der Waals surface area (Å²) in [6, 6.07) is 0. The number of aliphatic carboxylic acids is 2. The molecular weight excluding hydrogens is 168 g/mol. The number of carboxylic acid groups (broad SMARTS) is 2. The summed E-state index contributed by atoms with van der Waals surface area (Å²) in [7, 11) is 0. The summed E-state index contributed by atoms with van der Waals surface area (Å²) in [4.78, 5) is 31.2. The van der Waals surface area contributed by atoms with Crippen molar-refractivity contribution < 1.29 is 29.3 Å². The first-order chi connectivity index (χ1) is 5.52. The number of hydrogen-bond acceptors (Lipinski definition) is 4. The molecule has 66 valence electrons. The smallest absolute Gasteiger partial charge is 0.345 e. The van der Waals surface area contributed by atoms with Crippen LogP contribution in [0.3, 0.4) is 0 Å². The van der Waals surface area contributed by atoms with Crippen molar-refractivity contribution in [1.29, 1.82) is 0 Å². The van der Waals surface area contributed by atoms with Crippen LogP contribution in [0.2, 0.25) is 0 Å². The summed E-state index contributed by atoms with van der Waals surface area (Å²) >= 11 is 0. The molecule has 0 aromatic heterocycles. The van der Waals surface area contributed by atoms with E-state index in [4.69, 9.17) is 10.2 Å². The van der Waals surface area contributed by atoms with Gasteiger partial charge in [0, 0.05) is 0 Å². The van der Waals surface area contributed by atoms with E-state index in [2.05, 4.69) is 4.74 Å². The molecule has 2 atom stereocenters. The van der Waals surface area contributed by atoms with Gasteiger partial charge in [0.2, 0.25) is 6.10 Å². The maximum atomic E-state index is 10.5. The Balaban J connectivity index is 2.79. The average molecular weight is 174 g/mol. The number of cyclic esters (lactones) is 1. The second kappa shape index (κ2) is 2.80. The van der Waals surface area contributed by atoms with Crippen LogP contribution in [0, 0.1) is 5.92 Å². The molecule has 0 amide bonds. The Morgan fingerprint density at radius 3 is 2.25 bits per heavy atom. The van der Waals surface area contributed by atoms with Crippen LogP contribution in [-0.2, 0) is 19.1 Å². The van der Waals surface area contributed by atoms with Gasteiger partial charge in [-0.2, -0.15) is 0 Å². The van der Waals surface area contributed by atoms with Crippen LogP contribution in [0.15, 0.2) is 0 Å². The first-order valence-corrected chi connectivity index (χ1v) is 3.17. The Kier molecular flexibility index (Phi) is 1.99. The van der Waals surface area contributed by atoms with E-state index >= 15 is 0 Å². The van der Waals surface area contributed by atoms with Crippen molar-refractivity contribution in [3.05, 3.63) is 0 Å². The van der Waals surface area contributed by atoms with Gasteiger partial charge in [-0.25, -0.2) is 4.79 Å². The third-order valence-corrected chi connectivity index (χ3v) is 1.57. The SMILES string of the molecule is O=C1CC(C(=O)O)C(C(=O)O)O1. The molecule has 12 heavy (non-hydrogen) atoms. The zero-order valence-electron chi connectivity index (χ0n) is 5.89. The Morgan fingerprint density at radius 2 is 1.92 bits per heavy atom. The van der Waals surface area contributed by atoms with Crippen LogP contribution in [0.4, 0.5) is 0 Å². The van der Waals surface area contributed by atoms with Gasteiger partial charge in [-0.05, 0) is 0 Å². The Labute approximate surface area is 66.7 Å². The van der Waals surface area contributed by atoms with Gasteiger partial charge in [-0.1, -0.05) is 0 Å². The molecule has 6 nitrogen and oxygen atoms in total. The fourth-order valence-corrected chi connectivity index (χ4v) is 0.998. The predicted molar refractivity (Wildman–Crippen MR) is 33.3 cm³/mol. The molecule has 1 aliphatic heterocycles. The van der Waals surface area contributed by atoms with Gasteiger partial charge in [0.1, 0.15) is 5.92 Å². The predicted octanol–water partition coefficient (Wildman–Crippen LogP) is -0.913. The number of carbonyl (C=O) groups is 3. The molecule has 1 rings (SSSR count). The molecule has 0 radical (unpaired) electrons. The Hall–Kier alpha value is -1.59. The minimum Gasteiger partial charge on any atom is -0.481 e. The Morgan fingerprint density at radius 1 is 1.33 bits per heavy atom. The molecule has 6 heteroatoms. The van der Waals surface area contributed by atoms with Crippen molar-refractivity contribution in [2.45, 2.75) is 12.5 Å². The monoisotopic (exact) mass is 174 g/mol. The minimum absolute atomic E-state index is 0.369. The van der Waals surface area contributed by atoms with Gasteiger partial charge >= 0.3 is 17.9 Å². The van der Waals surface area contributed by atoms with E-state index in [0.29, 0.717) is 0 Å². The van der Waals surface area contributed by atoms with E-state index in [9.17, 15) is 14.4 Å². The molecule has 2 N–H and O–H groups in total. The highest BCUT2D eigenvalue weighted by molar-refractivity contribution is 5.90. The van der Waals surface area contributed by atoms with Crippen molar-refractivity contribution in [2.75, 3.05) is 0 Å². The third-order valence-electron chi connectivity index (χ3n) is 1.57. The molecule has 0 spiro atoms. The number of carbonyl (C=O) groups excluding carboxylic acids is 1. The van der Waals surface area contributed by atoms with Gasteiger partial charge in [0.05, 0.1) is 6.42 Å². The van der Waals surface area contributed by atoms with Crippen molar-refractivity contribution in [1.82, 2.24) is 0 Å². The summed E-state index contributed by atoms with van der Waals surface area (Å²) < 4.78 is 4.28. The van der Waals surface area contributed by atoms with Gasteiger partial charge in [0.25, 0.3) is 0 Å². The molecular formula is C6H6O6. The maximum absolute atomic E-state index is 10.5. The lowest BCUT2D eigenvalue weighted by Crippen LogP contribution is -2.31. The fraction of sp³-hybridized carbons (Fsp3) is 0.500. The maximum Gasteiger partial charge on any atom is 0.345 e. The summed E-state index contributed by atoms with van der Waals surface area (Å²) in [5.41, 5.74) is 0. The van der Waals surface area contributed by atoms with E-state index < -0.39 is 29.9 Å². The highest BCUT2D eigenvalue weighted by Crippen LogP contribution is 2.22. The molecule has 1 heterocycles. The summed E-state index contributed by atoms with van der Waals surface area (Å²) in [5.74, 6) is -4.79. The van der Waals surface area contributed by atoms with Crippen molar-refractivity contribution >= 4 is 17.9 Å². The standard InChI is InChI=1S/C6H6O6/c7-3-1-2(5(8)9)4(12-3)6(10)11/h2,4H,1H2,(H,8,9)(H,10,11). The fourth-order valence-electron chi connectivity index (χ4n) is 0.998. The minimum atomic E-state index is -1.53. The molecule has 2 unspecified atom stereocenters. The second-order valence-corrected chi connectivity index (χ2v) is 2.40. The molecule has 0 aliphatic carbocycles. The number of rotatable bonds is 2. The van der Waals surface area contributed by atoms with E-state index in [1.807, 2.05) is 0 Å². The highest BCUT2D eigenvalue weighted by atomic mass is 16.6. The quantitative estimate of drug-likeness (QED) is 0.525. The summed E-state index contributed by atoms with van der Waals surface area (Å²) in [6.45, 7) is 0. The second-order valence-electron chi connectivity index (χ2n) is 2.40. The van der Waals surface area contributed by atoms with E-state index in [1.165, 1.54) is 0 Å². The highest BCUT2D eigenvalue weighted by Gasteiger charge is 2.44. The topological polar surface area (TPSA) is 101 Å². The van der Waals surface area contributed by atoms with E-state index in [-0.39, 0.29) is 6.42 Å². The zero-order valence-corrected chi connectivity index (χ0v) is 5.89. The summed E-state index contributed by atoms with van der Waals surface area (Å²) in [6.07, 6.45) is -1.90. The third kappa shape index (κ3) is 1.36.